The number of ether oxygens (including phenoxy) is 2. The molecule has 0 fully saturated rings. The third kappa shape index (κ3) is 2.17. The van der Waals surface area contributed by atoms with Crippen LogP contribution >= 0.6 is 0 Å². The average Bonchev–Trinajstić information content (AvgIpc) is 2.29. The van der Waals surface area contributed by atoms with Gasteiger partial charge < -0.3 is 14.6 Å². The minimum absolute atomic E-state index is 0.483. The summed E-state index contributed by atoms with van der Waals surface area (Å²) in [7, 11) is 1.37. The number of benzene rings is 1. The van der Waals surface area contributed by atoms with E-state index in [1.807, 2.05) is 6.92 Å². The van der Waals surface area contributed by atoms with Crippen LogP contribution in [0.1, 0.15) is 19.4 Å². The number of carboxylic acids is 1. The van der Waals surface area contributed by atoms with Crippen molar-refractivity contribution in [3.8, 4) is 5.75 Å². The SMILES string of the molecule is CCOc1ccccc1C(C)(OC)C(=O)O. The number of carbonyl (C=O) groups is 1. The standard InChI is InChI=1S/C12H16O4/c1-4-16-10-8-6-5-7-9(10)12(2,15-3)11(13)14/h5-8H,4H2,1-3H3,(H,13,14). The van der Waals surface area contributed by atoms with Crippen molar-refractivity contribution in [1.82, 2.24) is 0 Å². The summed E-state index contributed by atoms with van der Waals surface area (Å²) in [6.45, 7) is 3.84. The van der Waals surface area contributed by atoms with Gasteiger partial charge in [-0.15, -0.1) is 0 Å². The van der Waals surface area contributed by atoms with E-state index in [-0.39, 0.29) is 0 Å². The van der Waals surface area contributed by atoms with E-state index in [1.54, 1.807) is 24.3 Å². The van der Waals surface area contributed by atoms with Crippen molar-refractivity contribution in [3.63, 3.8) is 0 Å². The minimum Gasteiger partial charge on any atom is -0.493 e. The molecule has 88 valence electrons. The van der Waals surface area contributed by atoms with Crippen LogP contribution in [-0.4, -0.2) is 24.8 Å². The molecule has 4 nitrogen and oxygen atoms in total. The molecular formula is C12H16O4. The lowest BCUT2D eigenvalue weighted by Crippen LogP contribution is -2.34. The van der Waals surface area contributed by atoms with E-state index in [0.29, 0.717) is 17.9 Å². The molecule has 1 N–H and O–H groups in total. The second-order valence-corrected chi connectivity index (χ2v) is 3.47. The molecule has 0 amide bonds. The van der Waals surface area contributed by atoms with Gasteiger partial charge in [-0.1, -0.05) is 18.2 Å². The molecule has 1 rings (SSSR count). The molecule has 0 saturated heterocycles. The Bertz CT molecular complexity index is 375. The molecule has 0 aliphatic rings. The van der Waals surface area contributed by atoms with Gasteiger partial charge in [0.25, 0.3) is 0 Å². The molecule has 0 aromatic heterocycles. The van der Waals surface area contributed by atoms with Crippen LogP contribution in [0.2, 0.25) is 0 Å². The second-order valence-electron chi connectivity index (χ2n) is 3.47. The maximum Gasteiger partial charge on any atom is 0.340 e. The molecule has 1 unspecified atom stereocenters. The van der Waals surface area contributed by atoms with Crippen LogP contribution in [0.25, 0.3) is 0 Å². The van der Waals surface area contributed by atoms with E-state index in [1.165, 1.54) is 14.0 Å². The molecule has 0 saturated carbocycles. The molecule has 0 aliphatic heterocycles. The monoisotopic (exact) mass is 224 g/mol. The van der Waals surface area contributed by atoms with Crippen LogP contribution in [0.4, 0.5) is 0 Å². The molecule has 0 radical (unpaired) electrons. The smallest absolute Gasteiger partial charge is 0.340 e. The number of hydrogen-bond acceptors (Lipinski definition) is 3. The number of rotatable bonds is 5. The number of para-hydroxylation sites is 1. The lowest BCUT2D eigenvalue weighted by atomic mass is 9.95. The molecule has 16 heavy (non-hydrogen) atoms. The van der Waals surface area contributed by atoms with Crippen molar-refractivity contribution in [2.45, 2.75) is 19.4 Å². The Morgan fingerprint density at radius 2 is 2.06 bits per heavy atom. The minimum atomic E-state index is -1.38. The van der Waals surface area contributed by atoms with E-state index >= 15 is 0 Å². The Balaban J connectivity index is 3.24. The fourth-order valence-corrected chi connectivity index (χ4v) is 1.45. The maximum atomic E-state index is 11.2. The summed E-state index contributed by atoms with van der Waals surface area (Å²) in [4.78, 5) is 11.2. The molecule has 0 aliphatic carbocycles. The highest BCUT2D eigenvalue weighted by atomic mass is 16.5. The van der Waals surface area contributed by atoms with E-state index in [9.17, 15) is 9.90 Å². The zero-order valence-corrected chi connectivity index (χ0v) is 9.69. The Morgan fingerprint density at radius 3 is 2.56 bits per heavy atom. The van der Waals surface area contributed by atoms with Gasteiger partial charge in [0, 0.05) is 12.7 Å². The number of aliphatic carboxylic acids is 1. The summed E-state index contributed by atoms with van der Waals surface area (Å²) in [5, 5.41) is 9.20. The van der Waals surface area contributed by atoms with Crippen molar-refractivity contribution < 1.29 is 19.4 Å². The number of hydrogen-bond donors (Lipinski definition) is 1. The second kappa shape index (κ2) is 4.99. The average molecular weight is 224 g/mol. The summed E-state index contributed by atoms with van der Waals surface area (Å²) < 4.78 is 10.5. The molecule has 0 heterocycles. The number of methoxy groups -OCH3 is 1. The van der Waals surface area contributed by atoms with Crippen LogP contribution in [0, 0.1) is 0 Å². The molecular weight excluding hydrogens is 208 g/mol. The van der Waals surface area contributed by atoms with Gasteiger partial charge in [-0.25, -0.2) is 4.79 Å². The van der Waals surface area contributed by atoms with Crippen LogP contribution < -0.4 is 4.74 Å². The van der Waals surface area contributed by atoms with E-state index in [0.717, 1.165) is 0 Å². The van der Waals surface area contributed by atoms with E-state index in [4.69, 9.17) is 9.47 Å². The van der Waals surface area contributed by atoms with Gasteiger partial charge in [0.05, 0.1) is 6.61 Å². The Morgan fingerprint density at radius 1 is 1.44 bits per heavy atom. The summed E-state index contributed by atoms with van der Waals surface area (Å²) in [6.07, 6.45) is 0. The van der Waals surface area contributed by atoms with Crippen LogP contribution in [-0.2, 0) is 15.1 Å². The predicted molar refractivity (Wildman–Crippen MR) is 59.6 cm³/mol. The molecule has 1 aromatic rings. The zero-order valence-electron chi connectivity index (χ0n) is 9.69. The quantitative estimate of drug-likeness (QED) is 0.831. The first kappa shape index (κ1) is 12.5. The van der Waals surface area contributed by atoms with Crippen molar-refractivity contribution in [2.24, 2.45) is 0 Å². The first-order chi connectivity index (χ1) is 7.56. The zero-order chi connectivity index (χ0) is 12.2. The van der Waals surface area contributed by atoms with Crippen molar-refractivity contribution in [2.75, 3.05) is 13.7 Å². The number of carboxylic acid groups (broad SMARTS) is 1. The maximum absolute atomic E-state index is 11.2. The lowest BCUT2D eigenvalue weighted by Gasteiger charge is -2.25. The summed E-state index contributed by atoms with van der Waals surface area (Å²) in [6, 6.07) is 6.99. The first-order valence-electron chi connectivity index (χ1n) is 5.07. The lowest BCUT2D eigenvalue weighted by molar-refractivity contribution is -0.161. The van der Waals surface area contributed by atoms with Gasteiger partial charge in [0.15, 0.2) is 5.60 Å². The predicted octanol–water partition coefficient (Wildman–Crippen LogP) is 2.03. The van der Waals surface area contributed by atoms with Crippen molar-refractivity contribution in [1.29, 1.82) is 0 Å². The summed E-state index contributed by atoms with van der Waals surface area (Å²) in [5.41, 5.74) is -0.863. The van der Waals surface area contributed by atoms with Gasteiger partial charge in [-0.2, -0.15) is 0 Å². The Labute approximate surface area is 94.8 Å². The summed E-state index contributed by atoms with van der Waals surface area (Å²) >= 11 is 0. The van der Waals surface area contributed by atoms with Gasteiger partial charge in [0.2, 0.25) is 0 Å². The van der Waals surface area contributed by atoms with E-state index in [2.05, 4.69) is 0 Å². The molecule has 1 atom stereocenters. The summed E-state index contributed by atoms with van der Waals surface area (Å²) in [5.74, 6) is -0.501. The van der Waals surface area contributed by atoms with E-state index < -0.39 is 11.6 Å². The van der Waals surface area contributed by atoms with Gasteiger partial charge in [0.1, 0.15) is 5.75 Å². The van der Waals surface area contributed by atoms with Gasteiger partial charge >= 0.3 is 5.97 Å². The van der Waals surface area contributed by atoms with Crippen LogP contribution in [0.3, 0.4) is 0 Å². The van der Waals surface area contributed by atoms with Gasteiger partial charge in [-0.3, -0.25) is 0 Å². The third-order valence-electron chi connectivity index (χ3n) is 2.52. The molecule has 0 spiro atoms. The highest BCUT2D eigenvalue weighted by Gasteiger charge is 2.37. The highest BCUT2D eigenvalue weighted by Crippen LogP contribution is 2.32. The molecule has 4 heteroatoms. The largest absolute Gasteiger partial charge is 0.493 e. The fraction of sp³-hybridized carbons (Fsp3) is 0.417. The van der Waals surface area contributed by atoms with Crippen LogP contribution in [0.5, 0.6) is 5.75 Å². The Kier molecular flexibility index (Phi) is 3.90. The third-order valence-corrected chi connectivity index (χ3v) is 2.52. The highest BCUT2D eigenvalue weighted by molar-refractivity contribution is 5.80. The van der Waals surface area contributed by atoms with Crippen LogP contribution in [0.15, 0.2) is 24.3 Å². The topological polar surface area (TPSA) is 55.8 Å². The molecule has 0 bridgehead atoms. The Hall–Kier alpha value is -1.55. The fourth-order valence-electron chi connectivity index (χ4n) is 1.45. The van der Waals surface area contributed by atoms with Crippen molar-refractivity contribution >= 4 is 5.97 Å². The van der Waals surface area contributed by atoms with Gasteiger partial charge in [-0.05, 0) is 19.9 Å². The molecule has 1 aromatic carbocycles. The van der Waals surface area contributed by atoms with Crippen molar-refractivity contribution in [3.05, 3.63) is 29.8 Å². The first-order valence-corrected chi connectivity index (χ1v) is 5.07. The normalized spacial score (nSPS) is 14.2.